The van der Waals surface area contributed by atoms with Crippen LogP contribution in [0.2, 0.25) is 5.02 Å². The monoisotopic (exact) mass is 338 g/mol. The number of hydrogen-bond donors (Lipinski definition) is 0. The summed E-state index contributed by atoms with van der Waals surface area (Å²) in [5.41, 5.74) is 0. The zero-order chi connectivity index (χ0) is 9.42. The Morgan fingerprint density at radius 2 is 2.15 bits per heavy atom. The fraction of sp³-hybridized carbons (Fsp3) is 0.111. The molecule has 0 N–H and O–H groups in total. The molecule has 0 atom stereocenters. The molecule has 0 unspecified atom stereocenters. The Kier molecular flexibility index (Phi) is 2.98. The van der Waals surface area contributed by atoms with E-state index in [9.17, 15) is 0 Å². The first kappa shape index (κ1) is 9.97. The van der Waals surface area contributed by atoms with E-state index in [4.69, 9.17) is 11.6 Å². The lowest BCUT2D eigenvalue weighted by atomic mass is 10.2. The minimum atomic E-state index is 0.821. The van der Waals surface area contributed by atoms with Crippen LogP contribution in [0, 0.1) is 0 Å². The number of rotatable bonds is 1. The molecule has 0 bridgehead atoms. The quantitative estimate of drug-likeness (QED) is 0.625. The molecule has 0 aliphatic heterocycles. The van der Waals surface area contributed by atoms with Crippen molar-refractivity contribution in [3.8, 4) is 0 Å². The highest BCUT2D eigenvalue weighted by molar-refractivity contribution is 9.10. The lowest BCUT2D eigenvalue weighted by Gasteiger charge is -1.94. The van der Waals surface area contributed by atoms with Gasteiger partial charge in [-0.25, -0.2) is 0 Å². The van der Waals surface area contributed by atoms with Gasteiger partial charge in [0.15, 0.2) is 0 Å². The van der Waals surface area contributed by atoms with Gasteiger partial charge >= 0.3 is 0 Å². The van der Waals surface area contributed by atoms with E-state index in [-0.39, 0.29) is 0 Å². The van der Waals surface area contributed by atoms with Gasteiger partial charge in [-0.2, -0.15) is 0 Å². The summed E-state index contributed by atoms with van der Waals surface area (Å²) >= 11 is 14.8. The van der Waals surface area contributed by atoms with E-state index in [0.717, 1.165) is 20.2 Å². The zero-order valence-corrected chi connectivity index (χ0v) is 11.2. The van der Waals surface area contributed by atoms with E-state index < -0.39 is 0 Å². The van der Waals surface area contributed by atoms with Crippen LogP contribution in [0.25, 0.3) is 10.1 Å². The molecule has 0 aliphatic rings. The Balaban J connectivity index is 2.80. The zero-order valence-electron chi connectivity index (χ0n) is 6.48. The van der Waals surface area contributed by atoms with E-state index in [1.807, 2.05) is 12.1 Å². The van der Waals surface area contributed by atoms with Crippen LogP contribution in [-0.2, 0) is 5.33 Å². The third-order valence-corrected chi connectivity index (χ3v) is 5.16. The first-order valence-corrected chi connectivity index (χ1v) is 6.75. The Morgan fingerprint density at radius 3 is 2.77 bits per heavy atom. The lowest BCUT2D eigenvalue weighted by Crippen LogP contribution is -1.67. The summed E-state index contributed by atoms with van der Waals surface area (Å²) in [4.78, 5) is 1.30. The van der Waals surface area contributed by atoms with E-state index in [1.165, 1.54) is 9.58 Å². The third kappa shape index (κ3) is 1.80. The summed E-state index contributed by atoms with van der Waals surface area (Å²) in [5, 5.41) is 2.84. The molecule has 13 heavy (non-hydrogen) atoms. The number of benzene rings is 1. The summed E-state index contributed by atoms with van der Waals surface area (Å²) in [6, 6.07) is 6.03. The van der Waals surface area contributed by atoms with Gasteiger partial charge in [-0.1, -0.05) is 27.5 Å². The predicted octanol–water partition coefficient (Wildman–Crippen LogP) is 5.21. The molecule has 2 aromatic rings. The Morgan fingerprint density at radius 1 is 1.38 bits per heavy atom. The van der Waals surface area contributed by atoms with Gasteiger partial charge in [-0.15, -0.1) is 11.3 Å². The minimum Gasteiger partial charge on any atom is -0.138 e. The van der Waals surface area contributed by atoms with Crippen LogP contribution >= 0.6 is 54.8 Å². The summed E-state index contributed by atoms with van der Waals surface area (Å²) in [6.07, 6.45) is 0. The van der Waals surface area contributed by atoms with Crippen molar-refractivity contribution in [3.05, 3.63) is 32.6 Å². The fourth-order valence-corrected chi connectivity index (χ4v) is 3.47. The van der Waals surface area contributed by atoms with Crippen molar-refractivity contribution in [3.63, 3.8) is 0 Å². The van der Waals surface area contributed by atoms with E-state index in [2.05, 4.69) is 37.9 Å². The number of halogens is 3. The van der Waals surface area contributed by atoms with Crippen LogP contribution in [0.4, 0.5) is 0 Å². The molecule has 0 radical (unpaired) electrons. The van der Waals surface area contributed by atoms with Crippen LogP contribution < -0.4 is 0 Å². The highest BCUT2D eigenvalue weighted by Gasteiger charge is 2.07. The molecular weight excluding hydrogens is 335 g/mol. The van der Waals surface area contributed by atoms with Gasteiger partial charge in [0.25, 0.3) is 0 Å². The van der Waals surface area contributed by atoms with Crippen molar-refractivity contribution in [2.75, 3.05) is 0 Å². The number of alkyl halides is 1. The largest absolute Gasteiger partial charge is 0.138 e. The molecule has 1 heterocycles. The van der Waals surface area contributed by atoms with Crippen LogP contribution in [0.5, 0.6) is 0 Å². The van der Waals surface area contributed by atoms with Crippen molar-refractivity contribution in [2.24, 2.45) is 0 Å². The standard InChI is InChI=1S/C9H5Br2ClS/c10-4-5-3-6-8(12)2-1-7(11)9(6)13-5/h1-3H,4H2. The van der Waals surface area contributed by atoms with Crippen LogP contribution in [0.3, 0.4) is 0 Å². The molecule has 68 valence electrons. The molecule has 0 fully saturated rings. The molecule has 0 amide bonds. The fourth-order valence-electron chi connectivity index (χ4n) is 1.17. The second-order valence-corrected chi connectivity index (χ2v) is 5.58. The van der Waals surface area contributed by atoms with Gasteiger partial charge in [-0.3, -0.25) is 0 Å². The second kappa shape index (κ2) is 3.89. The van der Waals surface area contributed by atoms with E-state index >= 15 is 0 Å². The van der Waals surface area contributed by atoms with Gasteiger partial charge in [0.2, 0.25) is 0 Å². The maximum atomic E-state index is 6.07. The summed E-state index contributed by atoms with van der Waals surface area (Å²) in [5.74, 6) is 0. The highest BCUT2D eigenvalue weighted by atomic mass is 79.9. The normalized spacial score (nSPS) is 11.0. The van der Waals surface area contributed by atoms with E-state index in [0.29, 0.717) is 0 Å². The molecule has 0 spiro atoms. The molecule has 2 rings (SSSR count). The van der Waals surface area contributed by atoms with Crippen molar-refractivity contribution >= 4 is 64.9 Å². The summed E-state index contributed by atoms with van der Waals surface area (Å²) in [7, 11) is 0. The first-order chi connectivity index (χ1) is 6.22. The maximum absolute atomic E-state index is 6.07. The number of hydrogen-bond acceptors (Lipinski definition) is 1. The lowest BCUT2D eigenvalue weighted by molar-refractivity contribution is 1.60. The molecule has 4 heteroatoms. The molecule has 0 saturated heterocycles. The molecule has 0 saturated carbocycles. The Hall–Kier alpha value is 0.430. The predicted molar refractivity (Wildman–Crippen MR) is 67.2 cm³/mol. The van der Waals surface area contributed by atoms with Crippen LogP contribution in [-0.4, -0.2) is 0 Å². The first-order valence-electron chi connectivity index (χ1n) is 3.65. The topological polar surface area (TPSA) is 0 Å². The average molecular weight is 340 g/mol. The third-order valence-electron chi connectivity index (χ3n) is 1.77. The minimum absolute atomic E-state index is 0.821. The van der Waals surface area contributed by atoms with Crippen LogP contribution in [0.1, 0.15) is 4.88 Å². The molecular formula is C9H5Br2ClS. The van der Waals surface area contributed by atoms with Crippen molar-refractivity contribution in [1.82, 2.24) is 0 Å². The van der Waals surface area contributed by atoms with Gasteiger partial charge in [-0.05, 0) is 34.1 Å². The number of thiophene rings is 1. The van der Waals surface area contributed by atoms with Gasteiger partial charge in [0, 0.05) is 25.1 Å². The SMILES string of the molecule is Clc1ccc(Br)c2sc(CBr)cc12. The van der Waals surface area contributed by atoms with Gasteiger partial charge in [0.1, 0.15) is 0 Å². The number of fused-ring (bicyclic) bond motifs is 1. The molecule has 1 aromatic heterocycles. The van der Waals surface area contributed by atoms with Crippen molar-refractivity contribution < 1.29 is 0 Å². The van der Waals surface area contributed by atoms with Gasteiger partial charge < -0.3 is 0 Å². The Labute approximate surface area is 102 Å². The highest BCUT2D eigenvalue weighted by Crippen LogP contribution is 2.37. The molecule has 0 nitrogen and oxygen atoms in total. The van der Waals surface area contributed by atoms with Crippen LogP contribution in [0.15, 0.2) is 22.7 Å². The summed E-state index contributed by atoms with van der Waals surface area (Å²) in [6.45, 7) is 0. The average Bonchev–Trinajstić information content (AvgIpc) is 2.56. The second-order valence-electron chi connectivity index (χ2n) is 2.62. The van der Waals surface area contributed by atoms with Gasteiger partial charge in [0.05, 0.1) is 4.70 Å². The Bertz CT molecular complexity index is 411. The molecule has 1 aromatic carbocycles. The van der Waals surface area contributed by atoms with Crippen molar-refractivity contribution in [1.29, 1.82) is 0 Å². The van der Waals surface area contributed by atoms with Crippen molar-refractivity contribution in [2.45, 2.75) is 5.33 Å². The smallest absolute Gasteiger partial charge is 0.0503 e. The van der Waals surface area contributed by atoms with E-state index in [1.54, 1.807) is 11.3 Å². The summed E-state index contributed by atoms with van der Waals surface area (Å²) < 4.78 is 2.34. The maximum Gasteiger partial charge on any atom is 0.0503 e. The molecule has 0 aliphatic carbocycles.